The second-order valence-corrected chi connectivity index (χ2v) is 5.33. The molecule has 0 radical (unpaired) electrons. The summed E-state index contributed by atoms with van der Waals surface area (Å²) >= 11 is 1.43. The van der Waals surface area contributed by atoms with Gasteiger partial charge in [-0.25, -0.2) is 0 Å². The van der Waals surface area contributed by atoms with Crippen LogP contribution in [0.4, 0.5) is 5.69 Å². The molecule has 0 saturated heterocycles. The van der Waals surface area contributed by atoms with E-state index >= 15 is 0 Å². The van der Waals surface area contributed by atoms with E-state index in [1.54, 1.807) is 0 Å². The van der Waals surface area contributed by atoms with Crippen molar-refractivity contribution in [2.24, 2.45) is 0 Å². The van der Waals surface area contributed by atoms with E-state index in [1.807, 2.05) is 20.8 Å². The number of thioether (sulfide) groups is 1. The van der Waals surface area contributed by atoms with Gasteiger partial charge in [-0.15, -0.1) is 0 Å². The highest BCUT2D eigenvalue weighted by atomic mass is 32.2. The van der Waals surface area contributed by atoms with Crippen molar-refractivity contribution < 1.29 is 14.4 Å². The molecule has 0 aromatic carbocycles. The molecule has 8 heteroatoms. The van der Waals surface area contributed by atoms with Crippen LogP contribution in [0.3, 0.4) is 0 Å². The van der Waals surface area contributed by atoms with Crippen LogP contribution >= 0.6 is 11.8 Å². The number of aromatic nitrogens is 2. The maximum absolute atomic E-state index is 11.3. The predicted molar refractivity (Wildman–Crippen MR) is 81.3 cm³/mol. The van der Waals surface area contributed by atoms with Crippen LogP contribution in [0.2, 0.25) is 0 Å². The Kier molecular flexibility index (Phi) is 7.81. The van der Waals surface area contributed by atoms with Gasteiger partial charge in [-0.05, 0) is 19.3 Å². The maximum Gasteiger partial charge on any atom is 0.392 e. The van der Waals surface area contributed by atoms with Gasteiger partial charge < -0.3 is 9.47 Å². The Balaban J connectivity index is 3.17. The van der Waals surface area contributed by atoms with Crippen LogP contribution in [0.1, 0.15) is 40.0 Å². The number of nitrogens with zero attached hydrogens (tertiary/aromatic N) is 3. The second kappa shape index (κ2) is 9.38. The lowest BCUT2D eigenvalue weighted by Crippen LogP contribution is -2.08. The summed E-state index contributed by atoms with van der Waals surface area (Å²) in [6, 6.07) is 0. The fraction of sp³-hybridized carbons (Fsp3) is 0.692. The molecule has 0 N–H and O–H groups in total. The van der Waals surface area contributed by atoms with Gasteiger partial charge in [0.15, 0.2) is 5.16 Å². The van der Waals surface area contributed by atoms with Crippen molar-refractivity contribution in [2.75, 3.05) is 19.0 Å². The zero-order valence-electron chi connectivity index (χ0n) is 12.6. The molecule has 0 fully saturated rings. The number of nitro groups is 1. The third-order valence-electron chi connectivity index (χ3n) is 2.30. The Labute approximate surface area is 128 Å². The highest BCUT2D eigenvalue weighted by molar-refractivity contribution is 7.99. The van der Waals surface area contributed by atoms with E-state index in [0.717, 1.165) is 25.0 Å². The molecular weight excluding hydrogens is 294 g/mol. The van der Waals surface area contributed by atoms with Crippen molar-refractivity contribution in [2.45, 2.75) is 45.2 Å². The van der Waals surface area contributed by atoms with Crippen molar-refractivity contribution in [3.8, 4) is 11.8 Å². The second-order valence-electron chi connectivity index (χ2n) is 4.27. The van der Waals surface area contributed by atoms with E-state index in [2.05, 4.69) is 9.97 Å². The summed E-state index contributed by atoms with van der Waals surface area (Å²) in [5.41, 5.74) is -0.294. The number of rotatable bonds is 10. The molecule has 0 aliphatic carbocycles. The monoisotopic (exact) mass is 315 g/mol. The van der Waals surface area contributed by atoms with E-state index in [0.29, 0.717) is 18.4 Å². The molecule has 0 unspecified atom stereocenters. The van der Waals surface area contributed by atoms with Gasteiger partial charge in [0, 0.05) is 5.75 Å². The highest BCUT2D eigenvalue weighted by Crippen LogP contribution is 2.36. The third-order valence-corrected chi connectivity index (χ3v) is 3.36. The molecule has 0 atom stereocenters. The standard InChI is InChI=1S/C13H21N3O4S/c1-4-7-19-11-10(16(17)18)12(20-8-5-2)15-13(14-11)21-9-6-3/h4-9H2,1-3H3. The average molecular weight is 315 g/mol. The van der Waals surface area contributed by atoms with Crippen molar-refractivity contribution >= 4 is 17.4 Å². The number of hydrogen-bond acceptors (Lipinski definition) is 7. The SMILES string of the molecule is CCCOc1nc(SCCC)nc(OCCC)c1[N+](=O)[O-]. The van der Waals surface area contributed by atoms with E-state index < -0.39 is 4.92 Å². The first-order valence-corrected chi connectivity index (χ1v) is 8.07. The highest BCUT2D eigenvalue weighted by Gasteiger charge is 2.28. The van der Waals surface area contributed by atoms with E-state index in [9.17, 15) is 10.1 Å². The van der Waals surface area contributed by atoms with E-state index in [-0.39, 0.29) is 17.4 Å². The first kappa shape index (κ1) is 17.5. The lowest BCUT2D eigenvalue weighted by Gasteiger charge is -2.10. The molecule has 1 rings (SSSR count). The summed E-state index contributed by atoms with van der Waals surface area (Å²) in [7, 11) is 0. The molecule has 1 aromatic heterocycles. The molecule has 118 valence electrons. The zero-order valence-corrected chi connectivity index (χ0v) is 13.4. The normalized spacial score (nSPS) is 10.4. The van der Waals surface area contributed by atoms with Gasteiger partial charge in [0.1, 0.15) is 0 Å². The minimum atomic E-state index is -0.551. The van der Waals surface area contributed by atoms with Crippen LogP contribution in [0.15, 0.2) is 5.16 Å². The smallest absolute Gasteiger partial charge is 0.392 e. The van der Waals surface area contributed by atoms with Crippen molar-refractivity contribution in [1.29, 1.82) is 0 Å². The summed E-state index contributed by atoms with van der Waals surface area (Å²) in [6.07, 6.45) is 2.44. The van der Waals surface area contributed by atoms with E-state index in [1.165, 1.54) is 11.8 Å². The van der Waals surface area contributed by atoms with Gasteiger partial charge in [0.2, 0.25) is 0 Å². The Bertz CT molecular complexity index is 442. The van der Waals surface area contributed by atoms with Gasteiger partial charge in [-0.3, -0.25) is 10.1 Å². The van der Waals surface area contributed by atoms with Crippen LogP contribution in [-0.4, -0.2) is 33.9 Å². The Morgan fingerprint density at radius 1 is 1.05 bits per heavy atom. The summed E-state index contributed by atoms with van der Waals surface area (Å²) < 4.78 is 10.8. The van der Waals surface area contributed by atoms with Crippen molar-refractivity contribution in [3.63, 3.8) is 0 Å². The Morgan fingerprint density at radius 2 is 1.57 bits per heavy atom. The molecule has 0 aliphatic heterocycles. The van der Waals surface area contributed by atoms with Gasteiger partial charge in [-0.2, -0.15) is 9.97 Å². The Hall–Kier alpha value is -1.57. The number of ether oxygens (including phenoxy) is 2. The molecule has 7 nitrogen and oxygen atoms in total. The molecule has 21 heavy (non-hydrogen) atoms. The van der Waals surface area contributed by atoms with Gasteiger partial charge in [0.05, 0.1) is 18.1 Å². The van der Waals surface area contributed by atoms with E-state index in [4.69, 9.17) is 9.47 Å². The van der Waals surface area contributed by atoms with Crippen molar-refractivity contribution in [3.05, 3.63) is 10.1 Å². The topological polar surface area (TPSA) is 87.4 Å². The summed E-state index contributed by atoms with van der Waals surface area (Å²) in [5.74, 6) is 0.807. The molecule has 1 aromatic rings. The minimum absolute atomic E-state index is 0.0124. The largest absolute Gasteiger partial charge is 0.473 e. The summed E-state index contributed by atoms with van der Waals surface area (Å²) in [6.45, 7) is 6.62. The average Bonchev–Trinajstić information content (AvgIpc) is 2.47. The molecule has 1 heterocycles. The quantitative estimate of drug-likeness (QED) is 0.283. The molecular formula is C13H21N3O4S. The summed E-state index contributed by atoms with van der Waals surface area (Å²) in [5, 5.41) is 11.7. The van der Waals surface area contributed by atoms with Gasteiger partial charge >= 0.3 is 17.4 Å². The first-order chi connectivity index (χ1) is 10.1. The lowest BCUT2D eigenvalue weighted by molar-refractivity contribution is -0.387. The zero-order chi connectivity index (χ0) is 15.7. The molecule has 0 bridgehead atoms. The molecule has 0 aliphatic rings. The minimum Gasteiger partial charge on any atom is -0.473 e. The van der Waals surface area contributed by atoms with Crippen LogP contribution in [0.25, 0.3) is 0 Å². The first-order valence-electron chi connectivity index (χ1n) is 7.08. The molecule has 0 amide bonds. The number of hydrogen-bond donors (Lipinski definition) is 0. The third kappa shape index (κ3) is 5.37. The lowest BCUT2D eigenvalue weighted by atomic mass is 10.4. The fourth-order valence-electron chi connectivity index (χ4n) is 1.41. The fourth-order valence-corrected chi connectivity index (χ4v) is 2.09. The Morgan fingerprint density at radius 3 is 1.95 bits per heavy atom. The van der Waals surface area contributed by atoms with Crippen LogP contribution in [0, 0.1) is 10.1 Å². The van der Waals surface area contributed by atoms with Crippen LogP contribution < -0.4 is 9.47 Å². The van der Waals surface area contributed by atoms with Gasteiger partial charge in [-0.1, -0.05) is 32.5 Å². The van der Waals surface area contributed by atoms with Crippen LogP contribution in [-0.2, 0) is 0 Å². The maximum atomic E-state index is 11.3. The van der Waals surface area contributed by atoms with Gasteiger partial charge in [0.25, 0.3) is 0 Å². The molecule has 0 saturated carbocycles. The summed E-state index contributed by atoms with van der Waals surface area (Å²) in [4.78, 5) is 19.0. The van der Waals surface area contributed by atoms with Crippen molar-refractivity contribution in [1.82, 2.24) is 9.97 Å². The molecule has 0 spiro atoms. The van der Waals surface area contributed by atoms with Crippen LogP contribution in [0.5, 0.6) is 11.8 Å². The predicted octanol–water partition coefficient (Wildman–Crippen LogP) is 3.46.